The zero-order valence-corrected chi connectivity index (χ0v) is 11.4. The van der Waals surface area contributed by atoms with Crippen molar-refractivity contribution >= 4 is 17.7 Å². The van der Waals surface area contributed by atoms with Crippen molar-refractivity contribution in [3.63, 3.8) is 0 Å². The van der Waals surface area contributed by atoms with Crippen LogP contribution in [0.1, 0.15) is 22.5 Å². The van der Waals surface area contributed by atoms with Crippen LogP contribution >= 0.6 is 0 Å². The van der Waals surface area contributed by atoms with E-state index >= 15 is 0 Å². The Bertz CT molecular complexity index is 587. The molecule has 0 saturated carbocycles. The van der Waals surface area contributed by atoms with Gasteiger partial charge in [0.2, 0.25) is 5.91 Å². The molecule has 1 aromatic carbocycles. The van der Waals surface area contributed by atoms with Crippen molar-refractivity contribution in [1.82, 2.24) is 0 Å². The first kappa shape index (κ1) is 13.1. The maximum absolute atomic E-state index is 11.9. The molecule has 1 heterocycles. The highest BCUT2D eigenvalue weighted by Crippen LogP contribution is 2.21. The van der Waals surface area contributed by atoms with E-state index in [1.54, 1.807) is 24.5 Å². The van der Waals surface area contributed by atoms with Gasteiger partial charge in [-0.25, -0.2) is 0 Å². The highest BCUT2D eigenvalue weighted by atomic mass is 16.3. The lowest BCUT2D eigenvalue weighted by Crippen LogP contribution is -2.10. The van der Waals surface area contributed by atoms with Gasteiger partial charge in [0.25, 0.3) is 0 Å². The largest absolute Gasteiger partial charge is 0.465 e. The van der Waals surface area contributed by atoms with Crippen molar-refractivity contribution in [2.75, 3.05) is 5.32 Å². The average Bonchev–Trinajstić information content (AvgIpc) is 2.84. The van der Waals surface area contributed by atoms with Gasteiger partial charge < -0.3 is 9.73 Å². The summed E-state index contributed by atoms with van der Waals surface area (Å²) in [6, 6.07) is 7.69. The van der Waals surface area contributed by atoms with E-state index in [0.717, 1.165) is 16.8 Å². The Hall–Kier alpha value is -2.29. The molecule has 1 N–H and O–H groups in total. The fourth-order valence-electron chi connectivity index (χ4n) is 2.09. The second-order valence-electron chi connectivity index (χ2n) is 4.61. The summed E-state index contributed by atoms with van der Waals surface area (Å²) in [4.78, 5) is 11.9. The third-order valence-electron chi connectivity index (χ3n) is 2.87. The minimum Gasteiger partial charge on any atom is -0.465 e. The van der Waals surface area contributed by atoms with Crippen LogP contribution in [0.15, 0.2) is 41.0 Å². The van der Waals surface area contributed by atoms with Gasteiger partial charge in [0.15, 0.2) is 0 Å². The monoisotopic (exact) mass is 255 g/mol. The molecule has 1 aromatic heterocycles. The van der Waals surface area contributed by atoms with Crippen LogP contribution in [0.3, 0.4) is 0 Å². The number of amides is 1. The summed E-state index contributed by atoms with van der Waals surface area (Å²) in [5.74, 6) is 0.499. The SMILES string of the molecule is Cc1cc(C)c(NC(=O)/C=C/c2ccco2)c(C)c1. The molecule has 0 aliphatic heterocycles. The maximum Gasteiger partial charge on any atom is 0.248 e. The van der Waals surface area contributed by atoms with Gasteiger partial charge in [-0.15, -0.1) is 0 Å². The quantitative estimate of drug-likeness (QED) is 0.846. The van der Waals surface area contributed by atoms with Crippen LogP contribution in [0.2, 0.25) is 0 Å². The Morgan fingerprint density at radius 3 is 2.47 bits per heavy atom. The Kier molecular flexibility index (Phi) is 3.85. The van der Waals surface area contributed by atoms with Crippen molar-refractivity contribution in [3.05, 3.63) is 59.1 Å². The predicted octanol–water partition coefficient (Wildman–Crippen LogP) is 3.86. The van der Waals surface area contributed by atoms with E-state index in [2.05, 4.69) is 17.4 Å². The van der Waals surface area contributed by atoms with Crippen LogP contribution in [-0.4, -0.2) is 5.91 Å². The molecular formula is C16H17NO2. The minimum absolute atomic E-state index is 0.161. The molecule has 0 radical (unpaired) electrons. The number of furan rings is 1. The first-order valence-corrected chi connectivity index (χ1v) is 6.16. The van der Waals surface area contributed by atoms with E-state index in [4.69, 9.17) is 4.42 Å². The molecule has 3 heteroatoms. The van der Waals surface area contributed by atoms with Crippen LogP contribution in [0.4, 0.5) is 5.69 Å². The summed E-state index contributed by atoms with van der Waals surface area (Å²) < 4.78 is 5.13. The smallest absolute Gasteiger partial charge is 0.248 e. The van der Waals surface area contributed by atoms with Gasteiger partial charge in [0.05, 0.1) is 6.26 Å². The van der Waals surface area contributed by atoms with Crippen LogP contribution in [-0.2, 0) is 4.79 Å². The standard InChI is InChI=1S/C16H17NO2/c1-11-9-12(2)16(13(3)10-11)17-15(18)7-6-14-5-4-8-19-14/h4-10H,1-3H3,(H,17,18)/b7-6+. The van der Waals surface area contributed by atoms with Gasteiger partial charge in [-0.1, -0.05) is 17.7 Å². The summed E-state index contributed by atoms with van der Waals surface area (Å²) in [5.41, 5.74) is 4.20. The zero-order valence-electron chi connectivity index (χ0n) is 11.4. The molecule has 3 nitrogen and oxygen atoms in total. The summed E-state index contributed by atoms with van der Waals surface area (Å²) >= 11 is 0. The third-order valence-corrected chi connectivity index (χ3v) is 2.87. The number of rotatable bonds is 3. The third kappa shape index (κ3) is 3.35. The Morgan fingerprint density at radius 2 is 1.89 bits per heavy atom. The van der Waals surface area contributed by atoms with Gasteiger partial charge in [0.1, 0.15) is 5.76 Å². The van der Waals surface area contributed by atoms with E-state index in [1.807, 2.05) is 20.8 Å². The highest BCUT2D eigenvalue weighted by Gasteiger charge is 2.06. The van der Waals surface area contributed by atoms with Crippen LogP contribution in [0.5, 0.6) is 0 Å². The van der Waals surface area contributed by atoms with Crippen molar-refractivity contribution in [2.45, 2.75) is 20.8 Å². The lowest BCUT2D eigenvalue weighted by atomic mass is 10.1. The number of hydrogen-bond acceptors (Lipinski definition) is 2. The van der Waals surface area contributed by atoms with Crippen LogP contribution < -0.4 is 5.32 Å². The number of benzene rings is 1. The number of carbonyl (C=O) groups excluding carboxylic acids is 1. The topological polar surface area (TPSA) is 42.2 Å². The molecule has 0 saturated heterocycles. The maximum atomic E-state index is 11.9. The number of aryl methyl sites for hydroxylation is 3. The van der Waals surface area contributed by atoms with Gasteiger partial charge in [-0.2, -0.15) is 0 Å². The van der Waals surface area contributed by atoms with E-state index in [0.29, 0.717) is 5.76 Å². The van der Waals surface area contributed by atoms with Crippen molar-refractivity contribution in [1.29, 1.82) is 0 Å². The number of nitrogens with one attached hydrogen (secondary N) is 1. The van der Waals surface area contributed by atoms with E-state index in [1.165, 1.54) is 11.6 Å². The molecule has 0 unspecified atom stereocenters. The molecule has 0 bridgehead atoms. The second kappa shape index (κ2) is 5.57. The lowest BCUT2D eigenvalue weighted by Gasteiger charge is -2.11. The summed E-state index contributed by atoms with van der Waals surface area (Å²) in [6.45, 7) is 6.03. The Labute approximate surface area is 112 Å². The number of anilines is 1. The van der Waals surface area contributed by atoms with Crippen molar-refractivity contribution < 1.29 is 9.21 Å². The fourth-order valence-corrected chi connectivity index (χ4v) is 2.09. The summed E-state index contributed by atoms with van der Waals surface area (Å²) in [6.07, 6.45) is 4.69. The predicted molar refractivity (Wildman–Crippen MR) is 77.0 cm³/mol. The van der Waals surface area contributed by atoms with Crippen molar-refractivity contribution in [3.8, 4) is 0 Å². The Balaban J connectivity index is 2.11. The number of carbonyl (C=O) groups is 1. The molecule has 2 rings (SSSR count). The first-order chi connectivity index (χ1) is 9.06. The van der Waals surface area contributed by atoms with Gasteiger partial charge >= 0.3 is 0 Å². The molecule has 0 spiro atoms. The Morgan fingerprint density at radius 1 is 1.21 bits per heavy atom. The van der Waals surface area contributed by atoms with E-state index in [9.17, 15) is 4.79 Å². The molecule has 98 valence electrons. The van der Waals surface area contributed by atoms with E-state index < -0.39 is 0 Å². The summed E-state index contributed by atoms with van der Waals surface area (Å²) in [5, 5.41) is 2.90. The number of hydrogen-bond donors (Lipinski definition) is 1. The van der Waals surface area contributed by atoms with Crippen LogP contribution in [0.25, 0.3) is 6.08 Å². The molecule has 1 amide bonds. The first-order valence-electron chi connectivity index (χ1n) is 6.16. The molecule has 19 heavy (non-hydrogen) atoms. The lowest BCUT2D eigenvalue weighted by molar-refractivity contribution is -0.111. The second-order valence-corrected chi connectivity index (χ2v) is 4.61. The van der Waals surface area contributed by atoms with Crippen molar-refractivity contribution in [2.24, 2.45) is 0 Å². The minimum atomic E-state index is -0.161. The summed E-state index contributed by atoms with van der Waals surface area (Å²) in [7, 11) is 0. The molecule has 2 aromatic rings. The van der Waals surface area contributed by atoms with Gasteiger partial charge in [-0.3, -0.25) is 4.79 Å². The van der Waals surface area contributed by atoms with E-state index in [-0.39, 0.29) is 5.91 Å². The van der Waals surface area contributed by atoms with Crippen LogP contribution in [0, 0.1) is 20.8 Å². The fraction of sp³-hybridized carbons (Fsp3) is 0.188. The molecule has 0 aliphatic carbocycles. The highest BCUT2D eigenvalue weighted by molar-refractivity contribution is 6.02. The molecule has 0 fully saturated rings. The van der Waals surface area contributed by atoms with Gasteiger partial charge in [0, 0.05) is 11.8 Å². The average molecular weight is 255 g/mol. The molecule has 0 aliphatic rings. The van der Waals surface area contributed by atoms with Gasteiger partial charge in [-0.05, 0) is 50.1 Å². The normalized spacial score (nSPS) is 10.9. The molecular weight excluding hydrogens is 238 g/mol. The zero-order chi connectivity index (χ0) is 13.8. The molecule has 0 atom stereocenters.